The first-order valence-electron chi connectivity index (χ1n) is 8.29. The Balaban J connectivity index is 3.16. The van der Waals surface area contributed by atoms with Gasteiger partial charge in [-0.2, -0.15) is 0 Å². The number of hydrogen-bond donors (Lipinski definition) is 1. The summed E-state index contributed by atoms with van der Waals surface area (Å²) >= 11 is 0. The second-order valence-corrected chi connectivity index (χ2v) is 5.38. The molecule has 116 valence electrons. The predicted molar refractivity (Wildman–Crippen MR) is 87.0 cm³/mol. The lowest BCUT2D eigenvalue weighted by Gasteiger charge is -1.99. The van der Waals surface area contributed by atoms with Crippen LogP contribution < -0.4 is 0 Å². The molecule has 0 amide bonds. The van der Waals surface area contributed by atoms with Gasteiger partial charge in [0.05, 0.1) is 6.42 Å². The molecule has 0 unspecified atom stereocenters. The highest BCUT2D eigenvalue weighted by atomic mass is 16.4. The number of carboxylic acid groups (broad SMARTS) is 1. The normalized spacial score (nSPS) is 11.7. The molecule has 0 aliphatic heterocycles. The van der Waals surface area contributed by atoms with Gasteiger partial charge in [-0.1, -0.05) is 76.2 Å². The second kappa shape index (κ2) is 16.0. The Hall–Kier alpha value is -1.05. The van der Waals surface area contributed by atoms with Crippen molar-refractivity contribution in [3.8, 4) is 0 Å². The van der Waals surface area contributed by atoms with Gasteiger partial charge in [0.25, 0.3) is 0 Å². The summed E-state index contributed by atoms with van der Waals surface area (Å²) in [5.74, 6) is -0.758. The summed E-state index contributed by atoms with van der Waals surface area (Å²) in [6.45, 7) is 2.26. The number of carboxylic acids is 1. The highest BCUT2D eigenvalue weighted by Crippen LogP contribution is 2.09. The maximum absolute atomic E-state index is 10.3. The van der Waals surface area contributed by atoms with Gasteiger partial charge in [-0.25, -0.2) is 0 Å². The lowest BCUT2D eigenvalue weighted by molar-refractivity contribution is -0.136. The van der Waals surface area contributed by atoms with Crippen LogP contribution in [0.1, 0.15) is 84.0 Å². The Morgan fingerprint density at radius 3 is 1.85 bits per heavy atom. The summed E-state index contributed by atoms with van der Waals surface area (Å²) in [5, 5.41) is 8.45. The van der Waals surface area contributed by atoms with Crippen LogP contribution in [0.2, 0.25) is 0 Å². The average Bonchev–Trinajstić information content (AvgIpc) is 2.43. The molecular weight excluding hydrogens is 248 g/mol. The molecular formula is C18H32O2. The number of aliphatic carboxylic acids is 1. The third kappa shape index (κ3) is 16.9. The molecule has 0 rings (SSSR count). The van der Waals surface area contributed by atoms with Crippen LogP contribution in [0.4, 0.5) is 0 Å². The van der Waals surface area contributed by atoms with Crippen LogP contribution in [0.15, 0.2) is 24.3 Å². The molecule has 0 aromatic rings. The molecule has 0 aromatic heterocycles. The highest BCUT2D eigenvalue weighted by Gasteiger charge is 1.90. The quantitative estimate of drug-likeness (QED) is 0.318. The van der Waals surface area contributed by atoms with Gasteiger partial charge in [-0.15, -0.1) is 0 Å². The van der Waals surface area contributed by atoms with E-state index in [0.29, 0.717) is 0 Å². The maximum Gasteiger partial charge on any atom is 0.307 e. The lowest BCUT2D eigenvalue weighted by atomic mass is 10.1. The first-order valence-corrected chi connectivity index (χ1v) is 8.29. The molecule has 2 heteroatoms. The molecule has 0 aromatic carbocycles. The van der Waals surface area contributed by atoms with E-state index in [1.165, 1.54) is 57.8 Å². The Kier molecular flexibility index (Phi) is 15.2. The van der Waals surface area contributed by atoms with Crippen molar-refractivity contribution < 1.29 is 9.90 Å². The molecule has 0 heterocycles. The fourth-order valence-electron chi connectivity index (χ4n) is 2.13. The zero-order valence-corrected chi connectivity index (χ0v) is 13.2. The lowest BCUT2D eigenvalue weighted by Crippen LogP contribution is -1.89. The summed E-state index contributed by atoms with van der Waals surface area (Å²) in [4.78, 5) is 10.3. The van der Waals surface area contributed by atoms with E-state index >= 15 is 0 Å². The van der Waals surface area contributed by atoms with Crippen LogP contribution >= 0.6 is 0 Å². The molecule has 2 nitrogen and oxygen atoms in total. The van der Waals surface area contributed by atoms with Crippen LogP contribution in [-0.4, -0.2) is 11.1 Å². The minimum absolute atomic E-state index is 0.141. The average molecular weight is 280 g/mol. The van der Waals surface area contributed by atoms with Gasteiger partial charge in [-0.05, 0) is 25.7 Å². The fraction of sp³-hybridized carbons (Fsp3) is 0.722. The number of allylic oxidation sites excluding steroid dienone is 3. The van der Waals surface area contributed by atoms with E-state index in [0.717, 1.165) is 12.8 Å². The molecule has 20 heavy (non-hydrogen) atoms. The standard InChI is InChI=1S/C18H32O2/c1-2-3-4-5-6-7-8-9-10-11-12-13-14-15-16-17-18(19)20/h11-12,15-16H,2-10,13-14,17H2,1H3,(H,19,20)/b12-11-,16-15-. The van der Waals surface area contributed by atoms with Gasteiger partial charge in [-0.3, -0.25) is 4.79 Å². The highest BCUT2D eigenvalue weighted by molar-refractivity contribution is 5.68. The van der Waals surface area contributed by atoms with E-state index in [2.05, 4.69) is 19.1 Å². The predicted octanol–water partition coefficient (Wildman–Crippen LogP) is 5.88. The molecule has 0 aliphatic carbocycles. The summed E-state index contributed by atoms with van der Waals surface area (Å²) < 4.78 is 0. The van der Waals surface area contributed by atoms with Gasteiger partial charge in [0.2, 0.25) is 0 Å². The first-order chi connectivity index (χ1) is 9.77. The van der Waals surface area contributed by atoms with Crippen molar-refractivity contribution in [3.05, 3.63) is 24.3 Å². The van der Waals surface area contributed by atoms with Crippen molar-refractivity contribution in [1.82, 2.24) is 0 Å². The van der Waals surface area contributed by atoms with Crippen molar-refractivity contribution >= 4 is 5.97 Å². The summed E-state index contributed by atoms with van der Waals surface area (Å²) in [7, 11) is 0. The van der Waals surface area contributed by atoms with Gasteiger partial charge in [0.15, 0.2) is 0 Å². The van der Waals surface area contributed by atoms with E-state index in [9.17, 15) is 4.79 Å². The maximum atomic E-state index is 10.3. The zero-order chi connectivity index (χ0) is 14.9. The zero-order valence-electron chi connectivity index (χ0n) is 13.2. The summed E-state index contributed by atoms with van der Waals surface area (Å²) in [6.07, 6.45) is 22.4. The first kappa shape index (κ1) is 18.9. The number of unbranched alkanes of at least 4 members (excludes halogenated alkanes) is 9. The largest absolute Gasteiger partial charge is 0.481 e. The van der Waals surface area contributed by atoms with E-state index in [1.807, 2.05) is 6.08 Å². The number of carbonyl (C=O) groups is 1. The smallest absolute Gasteiger partial charge is 0.307 e. The second-order valence-electron chi connectivity index (χ2n) is 5.38. The summed E-state index contributed by atoms with van der Waals surface area (Å²) in [5.41, 5.74) is 0. The van der Waals surface area contributed by atoms with Crippen LogP contribution in [-0.2, 0) is 4.79 Å². The fourth-order valence-corrected chi connectivity index (χ4v) is 2.13. The minimum Gasteiger partial charge on any atom is -0.481 e. The Bertz CT molecular complexity index is 267. The van der Waals surface area contributed by atoms with E-state index in [4.69, 9.17) is 5.11 Å². The van der Waals surface area contributed by atoms with Crippen molar-refractivity contribution in [1.29, 1.82) is 0 Å². The number of rotatable bonds is 14. The summed E-state index contributed by atoms with van der Waals surface area (Å²) in [6, 6.07) is 0. The van der Waals surface area contributed by atoms with Gasteiger partial charge < -0.3 is 5.11 Å². The van der Waals surface area contributed by atoms with E-state index in [1.54, 1.807) is 6.08 Å². The Labute approximate surface area is 125 Å². The molecule has 0 saturated heterocycles. The molecule has 0 aliphatic rings. The molecule has 1 N–H and O–H groups in total. The van der Waals surface area contributed by atoms with Crippen molar-refractivity contribution in [2.75, 3.05) is 0 Å². The van der Waals surface area contributed by atoms with Crippen LogP contribution in [0.3, 0.4) is 0 Å². The molecule has 0 saturated carbocycles. The SMILES string of the molecule is CCCCCCCCCC/C=C\CC/C=C\CC(=O)O. The molecule has 0 fully saturated rings. The van der Waals surface area contributed by atoms with Crippen molar-refractivity contribution in [3.63, 3.8) is 0 Å². The topological polar surface area (TPSA) is 37.3 Å². The van der Waals surface area contributed by atoms with Gasteiger partial charge in [0.1, 0.15) is 0 Å². The van der Waals surface area contributed by atoms with Crippen LogP contribution in [0, 0.1) is 0 Å². The number of hydrogen-bond acceptors (Lipinski definition) is 1. The van der Waals surface area contributed by atoms with E-state index in [-0.39, 0.29) is 6.42 Å². The Morgan fingerprint density at radius 2 is 1.25 bits per heavy atom. The van der Waals surface area contributed by atoms with Crippen molar-refractivity contribution in [2.24, 2.45) is 0 Å². The monoisotopic (exact) mass is 280 g/mol. The van der Waals surface area contributed by atoms with Crippen LogP contribution in [0.5, 0.6) is 0 Å². The van der Waals surface area contributed by atoms with Gasteiger partial charge >= 0.3 is 5.97 Å². The molecule has 0 radical (unpaired) electrons. The van der Waals surface area contributed by atoms with Crippen molar-refractivity contribution in [2.45, 2.75) is 84.0 Å². The molecule has 0 bridgehead atoms. The molecule has 0 atom stereocenters. The van der Waals surface area contributed by atoms with E-state index < -0.39 is 5.97 Å². The van der Waals surface area contributed by atoms with Crippen LogP contribution in [0.25, 0.3) is 0 Å². The van der Waals surface area contributed by atoms with Gasteiger partial charge in [0, 0.05) is 0 Å². The third-order valence-electron chi connectivity index (χ3n) is 3.35. The minimum atomic E-state index is -0.758. The Morgan fingerprint density at radius 1 is 0.750 bits per heavy atom. The molecule has 0 spiro atoms. The third-order valence-corrected chi connectivity index (χ3v) is 3.35.